The van der Waals surface area contributed by atoms with Crippen LogP contribution in [0.5, 0.6) is 5.75 Å². The molecule has 2 aromatic carbocycles. The monoisotopic (exact) mass is 336 g/mol. The summed E-state index contributed by atoms with van der Waals surface area (Å²) in [4.78, 5) is 23.9. The summed E-state index contributed by atoms with van der Waals surface area (Å²) in [6.45, 7) is 3.84. The molecule has 0 saturated heterocycles. The van der Waals surface area contributed by atoms with Gasteiger partial charge in [-0.1, -0.05) is 19.9 Å². The molecule has 0 aliphatic rings. The van der Waals surface area contributed by atoms with Crippen LogP contribution in [-0.4, -0.2) is 18.3 Å². The second-order valence-corrected chi connectivity index (χ2v) is 6.07. The maximum absolute atomic E-state index is 12.2. The third-order valence-electron chi connectivity index (χ3n) is 3.42. The molecule has 0 saturated carbocycles. The molecule has 0 aliphatic carbocycles. The lowest BCUT2D eigenvalue weighted by molar-refractivity contribution is -0.116. The summed E-state index contributed by atoms with van der Waals surface area (Å²) in [5, 5.41) is 11.6. The average molecular weight is 336 g/mol. The van der Waals surface area contributed by atoms with E-state index in [-0.39, 0.29) is 24.2 Å². The molecule has 0 aliphatic heterocycles. The van der Waals surface area contributed by atoms with Crippen LogP contribution >= 0.6 is 0 Å². The van der Waals surface area contributed by atoms with Crippen LogP contribution in [0.1, 0.15) is 36.2 Å². The molecule has 0 fully saturated rings. The van der Waals surface area contributed by atoms with E-state index in [4.69, 9.17) is 10.00 Å². The standard InChI is InChI=1S/C20H20N2O3/c1-14(2)10-20(24)22-17-8-6-16(7-9-17)19(23)13-25-18-5-3-4-15(11-18)12-21/h3-9,11,14H,10,13H2,1-2H3,(H,22,24). The highest BCUT2D eigenvalue weighted by atomic mass is 16.5. The van der Waals surface area contributed by atoms with Crippen LogP contribution in [0.25, 0.3) is 0 Å². The number of anilines is 1. The van der Waals surface area contributed by atoms with Crippen LogP contribution in [0.3, 0.4) is 0 Å². The van der Waals surface area contributed by atoms with Gasteiger partial charge in [0.25, 0.3) is 0 Å². The number of hydrogen-bond acceptors (Lipinski definition) is 4. The number of carbonyl (C=O) groups is 2. The second-order valence-electron chi connectivity index (χ2n) is 6.07. The van der Waals surface area contributed by atoms with Gasteiger partial charge in [-0.2, -0.15) is 5.26 Å². The number of Topliss-reactive ketones (excluding diaryl/α,β-unsaturated/α-hetero) is 1. The Morgan fingerprint density at radius 2 is 1.88 bits per heavy atom. The quantitative estimate of drug-likeness (QED) is 0.780. The summed E-state index contributed by atoms with van der Waals surface area (Å²) in [6.07, 6.45) is 0.455. The number of rotatable bonds is 7. The van der Waals surface area contributed by atoms with Gasteiger partial charge in [0.15, 0.2) is 12.4 Å². The second kappa shape index (κ2) is 8.65. The molecule has 0 spiro atoms. The fraction of sp³-hybridized carbons (Fsp3) is 0.250. The molecule has 25 heavy (non-hydrogen) atoms. The highest BCUT2D eigenvalue weighted by molar-refractivity contribution is 5.98. The van der Waals surface area contributed by atoms with Crippen molar-refractivity contribution < 1.29 is 14.3 Å². The summed E-state index contributed by atoms with van der Waals surface area (Å²) in [6, 6.07) is 15.4. The van der Waals surface area contributed by atoms with Gasteiger partial charge in [-0.15, -0.1) is 0 Å². The first-order valence-corrected chi connectivity index (χ1v) is 8.04. The van der Waals surface area contributed by atoms with E-state index in [0.717, 1.165) is 0 Å². The highest BCUT2D eigenvalue weighted by Gasteiger charge is 2.09. The number of nitrogens with zero attached hydrogens (tertiary/aromatic N) is 1. The number of nitrogens with one attached hydrogen (secondary N) is 1. The number of carbonyl (C=O) groups excluding carboxylic acids is 2. The number of hydrogen-bond donors (Lipinski definition) is 1. The molecule has 2 aromatic rings. The van der Waals surface area contributed by atoms with Crippen molar-refractivity contribution >= 4 is 17.4 Å². The summed E-state index contributed by atoms with van der Waals surface area (Å²) in [7, 11) is 0. The Bertz CT molecular complexity index is 789. The first kappa shape index (κ1) is 18.2. The Balaban J connectivity index is 1.91. The molecule has 0 radical (unpaired) electrons. The molecule has 0 aromatic heterocycles. The summed E-state index contributed by atoms with van der Waals surface area (Å²) in [5.74, 6) is 0.541. The predicted octanol–water partition coefficient (Wildman–Crippen LogP) is 3.80. The van der Waals surface area contributed by atoms with Crippen molar-refractivity contribution in [1.29, 1.82) is 5.26 Å². The van der Waals surface area contributed by atoms with E-state index < -0.39 is 0 Å². The van der Waals surface area contributed by atoms with E-state index in [2.05, 4.69) is 5.32 Å². The minimum absolute atomic E-state index is 0.0465. The van der Waals surface area contributed by atoms with E-state index in [1.807, 2.05) is 19.9 Å². The Hall–Kier alpha value is -3.13. The van der Waals surface area contributed by atoms with Gasteiger partial charge in [-0.25, -0.2) is 0 Å². The topological polar surface area (TPSA) is 79.2 Å². The third-order valence-corrected chi connectivity index (χ3v) is 3.42. The molecule has 0 atom stereocenters. The molecule has 0 unspecified atom stereocenters. The Morgan fingerprint density at radius 3 is 2.52 bits per heavy atom. The predicted molar refractivity (Wildman–Crippen MR) is 95.5 cm³/mol. The maximum Gasteiger partial charge on any atom is 0.224 e. The van der Waals surface area contributed by atoms with Gasteiger partial charge < -0.3 is 10.1 Å². The lowest BCUT2D eigenvalue weighted by Gasteiger charge is -2.08. The van der Waals surface area contributed by atoms with Crippen molar-refractivity contribution in [1.82, 2.24) is 0 Å². The van der Waals surface area contributed by atoms with Crippen molar-refractivity contribution in [2.75, 3.05) is 11.9 Å². The van der Waals surface area contributed by atoms with E-state index in [1.54, 1.807) is 48.5 Å². The number of ketones is 1. The largest absolute Gasteiger partial charge is 0.485 e. The van der Waals surface area contributed by atoms with Crippen LogP contribution in [0.4, 0.5) is 5.69 Å². The summed E-state index contributed by atoms with van der Waals surface area (Å²) in [5.41, 5.74) is 1.63. The number of ether oxygens (including phenoxy) is 1. The molecular formula is C20H20N2O3. The number of benzene rings is 2. The molecule has 128 valence electrons. The molecule has 0 bridgehead atoms. The van der Waals surface area contributed by atoms with Crippen molar-refractivity contribution in [3.63, 3.8) is 0 Å². The molecule has 1 N–H and O–H groups in total. The highest BCUT2D eigenvalue weighted by Crippen LogP contribution is 2.15. The zero-order valence-electron chi connectivity index (χ0n) is 14.3. The van der Waals surface area contributed by atoms with E-state index in [1.165, 1.54) is 0 Å². The van der Waals surface area contributed by atoms with Crippen LogP contribution in [0.2, 0.25) is 0 Å². The normalized spacial score (nSPS) is 10.2. The summed E-state index contributed by atoms with van der Waals surface area (Å²) >= 11 is 0. The van der Waals surface area contributed by atoms with Crippen LogP contribution in [0, 0.1) is 17.2 Å². The van der Waals surface area contributed by atoms with Gasteiger partial charge >= 0.3 is 0 Å². The first-order chi connectivity index (χ1) is 12.0. The minimum atomic E-state index is -0.178. The molecule has 5 heteroatoms. The van der Waals surface area contributed by atoms with Crippen LogP contribution in [-0.2, 0) is 4.79 Å². The van der Waals surface area contributed by atoms with Gasteiger partial charge in [0.1, 0.15) is 5.75 Å². The SMILES string of the molecule is CC(C)CC(=O)Nc1ccc(C(=O)COc2cccc(C#N)c2)cc1. The molecule has 1 amide bonds. The van der Waals surface area contributed by atoms with Gasteiger partial charge in [0, 0.05) is 17.7 Å². The van der Waals surface area contributed by atoms with E-state index in [9.17, 15) is 9.59 Å². The fourth-order valence-electron chi connectivity index (χ4n) is 2.21. The van der Waals surface area contributed by atoms with Crippen LogP contribution in [0.15, 0.2) is 48.5 Å². The van der Waals surface area contributed by atoms with Crippen molar-refractivity contribution in [2.45, 2.75) is 20.3 Å². The Kier molecular flexibility index (Phi) is 6.30. The zero-order chi connectivity index (χ0) is 18.2. The lowest BCUT2D eigenvalue weighted by atomic mass is 10.1. The van der Waals surface area contributed by atoms with Gasteiger partial charge in [-0.3, -0.25) is 9.59 Å². The van der Waals surface area contributed by atoms with Crippen LogP contribution < -0.4 is 10.1 Å². The Morgan fingerprint density at radius 1 is 1.16 bits per heavy atom. The van der Waals surface area contributed by atoms with E-state index >= 15 is 0 Å². The first-order valence-electron chi connectivity index (χ1n) is 8.04. The molecule has 5 nitrogen and oxygen atoms in total. The number of amides is 1. The van der Waals surface area contributed by atoms with Crippen molar-refractivity contribution in [3.05, 3.63) is 59.7 Å². The smallest absolute Gasteiger partial charge is 0.224 e. The fourth-order valence-corrected chi connectivity index (χ4v) is 2.21. The molecular weight excluding hydrogens is 316 g/mol. The van der Waals surface area contributed by atoms with Gasteiger partial charge in [-0.05, 0) is 48.4 Å². The lowest BCUT2D eigenvalue weighted by Crippen LogP contribution is -2.14. The minimum Gasteiger partial charge on any atom is -0.485 e. The average Bonchev–Trinajstić information content (AvgIpc) is 2.59. The maximum atomic E-state index is 12.2. The molecule has 0 heterocycles. The molecule has 2 rings (SSSR count). The number of nitriles is 1. The van der Waals surface area contributed by atoms with Gasteiger partial charge in [0.05, 0.1) is 11.6 Å². The van der Waals surface area contributed by atoms with E-state index in [0.29, 0.717) is 29.0 Å². The van der Waals surface area contributed by atoms with Crippen molar-refractivity contribution in [2.24, 2.45) is 5.92 Å². The summed E-state index contributed by atoms with van der Waals surface area (Å²) < 4.78 is 5.43. The van der Waals surface area contributed by atoms with Crippen molar-refractivity contribution in [3.8, 4) is 11.8 Å². The Labute approximate surface area is 147 Å². The van der Waals surface area contributed by atoms with Gasteiger partial charge in [0.2, 0.25) is 5.91 Å². The third kappa shape index (κ3) is 5.78. The zero-order valence-corrected chi connectivity index (χ0v) is 14.3.